The van der Waals surface area contributed by atoms with Crippen molar-refractivity contribution in [3.8, 4) is 22.5 Å². The molecule has 4 aromatic heterocycles. The molecule has 0 radical (unpaired) electrons. The Morgan fingerprint density at radius 3 is 2.70 bits per heavy atom. The third-order valence-corrected chi connectivity index (χ3v) is 5.76. The van der Waals surface area contributed by atoms with Crippen molar-refractivity contribution in [2.75, 3.05) is 5.32 Å². The topological polar surface area (TPSA) is 81.4 Å². The van der Waals surface area contributed by atoms with Crippen LogP contribution in [0.25, 0.3) is 32.7 Å². The van der Waals surface area contributed by atoms with E-state index < -0.39 is 0 Å². The van der Waals surface area contributed by atoms with E-state index in [0.29, 0.717) is 12.4 Å². The summed E-state index contributed by atoms with van der Waals surface area (Å²) in [6.07, 6.45) is 5.27. The summed E-state index contributed by atoms with van der Waals surface area (Å²) in [5, 5.41) is 14.9. The monoisotopic (exact) mass is 413 g/mol. The average molecular weight is 414 g/mol. The van der Waals surface area contributed by atoms with Crippen molar-refractivity contribution in [1.82, 2.24) is 29.7 Å². The van der Waals surface area contributed by atoms with Gasteiger partial charge in [0, 0.05) is 35.4 Å². The highest BCUT2D eigenvalue weighted by Gasteiger charge is 2.17. The minimum atomic E-state index is 0.524. The van der Waals surface area contributed by atoms with Gasteiger partial charge in [0.1, 0.15) is 17.0 Å². The second-order valence-corrected chi connectivity index (χ2v) is 7.58. The quantitative estimate of drug-likeness (QED) is 0.437. The molecule has 0 aliphatic rings. The molecule has 0 unspecified atom stereocenters. The molecule has 8 heteroatoms. The Hall–Kier alpha value is -3.65. The number of benzene rings is 1. The lowest BCUT2D eigenvalue weighted by Crippen LogP contribution is -2.09. The van der Waals surface area contributed by atoms with E-state index in [1.807, 2.05) is 34.9 Å². The number of pyridine rings is 1. The van der Waals surface area contributed by atoms with Gasteiger partial charge >= 0.3 is 0 Å². The third kappa shape index (κ3) is 3.42. The molecule has 1 aromatic carbocycles. The van der Waals surface area contributed by atoms with E-state index in [4.69, 9.17) is 9.97 Å². The smallest absolute Gasteiger partial charge is 0.164 e. The van der Waals surface area contributed by atoms with E-state index in [1.165, 1.54) is 0 Å². The van der Waals surface area contributed by atoms with Gasteiger partial charge < -0.3 is 9.88 Å². The van der Waals surface area contributed by atoms with Crippen LogP contribution in [0.5, 0.6) is 0 Å². The van der Waals surface area contributed by atoms with Crippen LogP contribution in [-0.4, -0.2) is 29.7 Å². The molecule has 0 saturated carbocycles. The first-order chi connectivity index (χ1) is 14.8. The summed E-state index contributed by atoms with van der Waals surface area (Å²) < 4.78 is 2.01. The molecule has 7 nitrogen and oxygen atoms in total. The molecule has 148 valence electrons. The lowest BCUT2D eigenvalue weighted by atomic mass is 10.1. The summed E-state index contributed by atoms with van der Waals surface area (Å²) in [4.78, 5) is 14.8. The van der Waals surface area contributed by atoms with Gasteiger partial charge in [-0.15, -0.1) is 21.5 Å². The van der Waals surface area contributed by atoms with Crippen LogP contribution in [0, 0.1) is 0 Å². The first-order valence-corrected chi connectivity index (χ1v) is 10.6. The first-order valence-electron chi connectivity index (χ1n) is 9.69. The van der Waals surface area contributed by atoms with Gasteiger partial charge in [-0.3, -0.25) is 4.98 Å². The zero-order chi connectivity index (χ0) is 20.3. The zero-order valence-electron chi connectivity index (χ0n) is 16.4. The molecule has 5 aromatic rings. The lowest BCUT2D eigenvalue weighted by Gasteiger charge is -2.11. The van der Waals surface area contributed by atoms with Crippen LogP contribution in [0.2, 0.25) is 0 Å². The van der Waals surface area contributed by atoms with E-state index in [1.54, 1.807) is 30.1 Å². The fourth-order valence-corrected chi connectivity index (χ4v) is 4.31. The molecule has 0 spiro atoms. The van der Waals surface area contributed by atoms with Gasteiger partial charge in [0.15, 0.2) is 11.6 Å². The number of anilines is 1. The van der Waals surface area contributed by atoms with Gasteiger partial charge in [-0.1, -0.05) is 30.3 Å². The van der Waals surface area contributed by atoms with Crippen LogP contribution in [0.3, 0.4) is 0 Å². The molecular weight excluding hydrogens is 394 g/mol. The molecule has 0 atom stereocenters. The van der Waals surface area contributed by atoms with E-state index >= 15 is 0 Å². The van der Waals surface area contributed by atoms with Crippen LogP contribution in [0.15, 0.2) is 66.6 Å². The Bertz CT molecular complexity index is 1280. The molecule has 5 rings (SSSR count). The van der Waals surface area contributed by atoms with Crippen LogP contribution in [0.1, 0.15) is 12.7 Å². The summed E-state index contributed by atoms with van der Waals surface area (Å²) in [6.45, 7) is 3.41. The van der Waals surface area contributed by atoms with Crippen molar-refractivity contribution in [3.63, 3.8) is 0 Å². The number of thiophene rings is 1. The maximum Gasteiger partial charge on any atom is 0.164 e. The maximum atomic E-state index is 4.87. The summed E-state index contributed by atoms with van der Waals surface area (Å²) >= 11 is 1.62. The van der Waals surface area contributed by atoms with Gasteiger partial charge in [-0.2, -0.15) is 0 Å². The number of hydrogen-bond donors (Lipinski definition) is 1. The summed E-state index contributed by atoms with van der Waals surface area (Å²) in [6, 6.07) is 14.2. The largest absolute Gasteiger partial charge is 0.362 e. The molecule has 30 heavy (non-hydrogen) atoms. The van der Waals surface area contributed by atoms with Crippen molar-refractivity contribution < 1.29 is 0 Å². The number of rotatable bonds is 6. The van der Waals surface area contributed by atoms with Gasteiger partial charge in [0.25, 0.3) is 0 Å². The van der Waals surface area contributed by atoms with Crippen LogP contribution >= 0.6 is 11.3 Å². The second-order valence-electron chi connectivity index (χ2n) is 6.72. The van der Waals surface area contributed by atoms with Crippen molar-refractivity contribution in [2.45, 2.75) is 20.0 Å². The maximum absolute atomic E-state index is 4.87. The highest BCUT2D eigenvalue weighted by molar-refractivity contribution is 7.17. The Balaban J connectivity index is 1.63. The zero-order valence-corrected chi connectivity index (χ0v) is 17.2. The predicted octanol–water partition coefficient (Wildman–Crippen LogP) is 4.64. The number of aromatic nitrogens is 6. The number of nitrogens with zero attached hydrogens (tertiary/aromatic N) is 6. The van der Waals surface area contributed by atoms with Crippen LogP contribution in [0.4, 0.5) is 5.82 Å². The normalized spacial score (nSPS) is 11.1. The van der Waals surface area contributed by atoms with Crippen molar-refractivity contribution in [3.05, 3.63) is 72.4 Å². The number of fused-ring (bicyclic) bond motifs is 1. The number of aryl methyl sites for hydroxylation is 1. The molecule has 0 aliphatic heterocycles. The third-order valence-electron chi connectivity index (χ3n) is 4.89. The van der Waals surface area contributed by atoms with Gasteiger partial charge in [0.2, 0.25) is 0 Å². The molecule has 0 bridgehead atoms. The summed E-state index contributed by atoms with van der Waals surface area (Å²) in [7, 11) is 0. The predicted molar refractivity (Wildman–Crippen MR) is 119 cm³/mol. The van der Waals surface area contributed by atoms with E-state index in [9.17, 15) is 0 Å². The average Bonchev–Trinajstić information content (AvgIpc) is 3.45. The standard InChI is InChI=1S/C22H19N7S/c1-2-29-14-25-28-18(29)12-24-21-19-17(15-7-4-3-5-8-15)13-30-22(19)27-20(26-21)16-9-6-10-23-11-16/h3-11,13-14H,2,12H2,1H3,(H,24,26,27). The van der Waals surface area contributed by atoms with Gasteiger partial charge in [0.05, 0.1) is 11.9 Å². The Morgan fingerprint density at radius 2 is 1.90 bits per heavy atom. The Morgan fingerprint density at radius 1 is 1.03 bits per heavy atom. The second kappa shape index (κ2) is 8.00. The Labute approximate surface area is 177 Å². The summed E-state index contributed by atoms with van der Waals surface area (Å²) in [5.74, 6) is 2.30. The van der Waals surface area contributed by atoms with Crippen LogP contribution < -0.4 is 5.32 Å². The fraction of sp³-hybridized carbons (Fsp3) is 0.136. The number of nitrogens with one attached hydrogen (secondary N) is 1. The highest BCUT2D eigenvalue weighted by Crippen LogP contribution is 2.38. The summed E-state index contributed by atoms with van der Waals surface area (Å²) in [5.41, 5.74) is 3.14. The van der Waals surface area contributed by atoms with E-state index in [-0.39, 0.29) is 0 Å². The molecule has 4 heterocycles. The minimum Gasteiger partial charge on any atom is -0.362 e. The molecule has 0 fully saturated rings. The molecular formula is C22H19N7S. The van der Waals surface area contributed by atoms with E-state index in [2.05, 4.69) is 44.9 Å². The molecule has 0 aliphatic carbocycles. The first kappa shape index (κ1) is 18.4. The fourth-order valence-electron chi connectivity index (χ4n) is 3.37. The van der Waals surface area contributed by atoms with E-state index in [0.717, 1.165) is 45.1 Å². The van der Waals surface area contributed by atoms with Crippen molar-refractivity contribution in [1.29, 1.82) is 0 Å². The van der Waals surface area contributed by atoms with Crippen molar-refractivity contribution >= 4 is 27.4 Å². The Kier molecular flexibility index (Phi) is 4.90. The molecule has 1 N–H and O–H groups in total. The lowest BCUT2D eigenvalue weighted by molar-refractivity contribution is 0.707. The number of hydrogen-bond acceptors (Lipinski definition) is 7. The molecule has 0 saturated heterocycles. The van der Waals surface area contributed by atoms with Crippen LogP contribution in [-0.2, 0) is 13.1 Å². The SMILES string of the molecule is CCn1cnnc1CNc1nc(-c2cccnc2)nc2scc(-c3ccccc3)c12. The minimum absolute atomic E-state index is 0.524. The highest BCUT2D eigenvalue weighted by atomic mass is 32.1. The molecule has 0 amide bonds. The van der Waals surface area contributed by atoms with Crippen molar-refractivity contribution in [2.24, 2.45) is 0 Å². The van der Waals surface area contributed by atoms with Gasteiger partial charge in [-0.05, 0) is 24.6 Å². The van der Waals surface area contributed by atoms with Gasteiger partial charge in [-0.25, -0.2) is 9.97 Å².